The lowest BCUT2D eigenvalue weighted by Gasteiger charge is -2.49. The Hall–Kier alpha value is -4.65. The van der Waals surface area contributed by atoms with Crippen molar-refractivity contribution in [2.75, 3.05) is 31.1 Å². The minimum atomic E-state index is -1.82. The lowest BCUT2D eigenvalue weighted by molar-refractivity contribution is -0.439. The number of aromatic nitrogens is 1. The van der Waals surface area contributed by atoms with Crippen molar-refractivity contribution in [1.29, 1.82) is 0 Å². The van der Waals surface area contributed by atoms with Crippen molar-refractivity contribution in [3.05, 3.63) is 69.3 Å². The summed E-state index contributed by atoms with van der Waals surface area (Å²) in [7, 11) is 0. The summed E-state index contributed by atoms with van der Waals surface area (Å²) in [5, 5.41) is 28.1. The largest absolute Gasteiger partial charge is 0.478 e. The van der Waals surface area contributed by atoms with Gasteiger partial charge in [-0.2, -0.15) is 4.58 Å². The number of amides is 2. The van der Waals surface area contributed by atoms with Crippen LogP contribution in [0.15, 0.2) is 64.4 Å². The van der Waals surface area contributed by atoms with Crippen LogP contribution in [-0.4, -0.2) is 103 Å². The van der Waals surface area contributed by atoms with Crippen molar-refractivity contribution in [2.24, 2.45) is 16.6 Å². The number of aliphatic carboxylic acids is 2. The zero-order valence-corrected chi connectivity index (χ0v) is 27.6. The molecule has 4 rings (SSSR count). The molecule has 0 saturated carbocycles. The van der Waals surface area contributed by atoms with Gasteiger partial charge in [0.15, 0.2) is 29.8 Å². The Morgan fingerprint density at radius 3 is 2.68 bits per heavy atom. The fourth-order valence-electron chi connectivity index (χ4n) is 4.31. The maximum atomic E-state index is 13.4. The van der Waals surface area contributed by atoms with E-state index in [1.807, 2.05) is 10.8 Å². The number of nitrogens with two attached hydrogens (primary N) is 3. The highest BCUT2D eigenvalue weighted by atomic mass is 35.5. The summed E-state index contributed by atoms with van der Waals surface area (Å²) in [5.74, 6) is -4.06. The number of nitrogen functional groups attached to an aromatic ring is 1. The maximum Gasteiger partial charge on any atom is 0.352 e. The first-order chi connectivity index (χ1) is 22.2. The van der Waals surface area contributed by atoms with Crippen molar-refractivity contribution in [3.63, 3.8) is 0 Å². The van der Waals surface area contributed by atoms with Gasteiger partial charge in [0.25, 0.3) is 11.8 Å². The maximum absolute atomic E-state index is 13.4. The molecular weight excluding hydrogens is 674 g/mol. The van der Waals surface area contributed by atoms with Crippen LogP contribution in [0.3, 0.4) is 0 Å². The number of anilines is 1. The first-order valence-corrected chi connectivity index (χ1v) is 16.2. The Labute approximate surface area is 282 Å². The van der Waals surface area contributed by atoms with Crippen molar-refractivity contribution >= 4 is 75.5 Å². The summed E-state index contributed by atoms with van der Waals surface area (Å²) in [6.07, 6.45) is 12.4. The molecule has 0 spiro atoms. The summed E-state index contributed by atoms with van der Waals surface area (Å²) in [4.78, 5) is 60.7. The summed E-state index contributed by atoms with van der Waals surface area (Å²) >= 11 is 8.29. The average Bonchev–Trinajstić information content (AvgIpc) is 3.34. The SMILES string of the molecule is CC(C)(O/N=C(\C(=O)N[C@@H]1C(=O)N2C(C(=O)O)=C(/C=C/C[N+]3=C/C(NCCN)=C(N)\C=C\C=C\3)CSC12)c1nc(N)sc1Cl)C(=O)O. The quantitative estimate of drug-likeness (QED) is 0.0625. The van der Waals surface area contributed by atoms with Crippen molar-refractivity contribution in [1.82, 2.24) is 20.5 Å². The average molecular weight is 707 g/mol. The number of allylic oxidation sites excluding steroid dienone is 5. The number of fused-ring (bicyclic) bond motifs is 1. The Balaban J connectivity index is 1.53. The number of oxime groups is 1. The van der Waals surface area contributed by atoms with Crippen LogP contribution in [0.25, 0.3) is 0 Å². The fourth-order valence-corrected chi connectivity index (χ4v) is 6.56. The van der Waals surface area contributed by atoms with Gasteiger partial charge in [0.2, 0.25) is 5.60 Å². The lowest BCUT2D eigenvalue weighted by Crippen LogP contribution is -2.71. The summed E-state index contributed by atoms with van der Waals surface area (Å²) in [6, 6.07) is -1.13. The van der Waals surface area contributed by atoms with Gasteiger partial charge in [0, 0.05) is 24.9 Å². The van der Waals surface area contributed by atoms with Crippen LogP contribution in [0.5, 0.6) is 0 Å². The molecule has 19 heteroatoms. The predicted molar refractivity (Wildman–Crippen MR) is 177 cm³/mol. The molecule has 1 saturated heterocycles. The van der Waals surface area contributed by atoms with E-state index in [1.54, 1.807) is 36.6 Å². The second kappa shape index (κ2) is 14.8. The van der Waals surface area contributed by atoms with E-state index in [0.29, 0.717) is 36.6 Å². The van der Waals surface area contributed by atoms with Crippen LogP contribution < -0.4 is 27.8 Å². The number of halogens is 1. The van der Waals surface area contributed by atoms with Crippen LogP contribution in [-0.2, 0) is 24.0 Å². The van der Waals surface area contributed by atoms with Gasteiger partial charge in [-0.1, -0.05) is 40.2 Å². The molecular formula is C28H33ClN9O7S2+. The van der Waals surface area contributed by atoms with Crippen molar-refractivity contribution in [2.45, 2.75) is 30.9 Å². The lowest BCUT2D eigenvalue weighted by atomic mass is 10.0. The molecule has 0 bridgehead atoms. The number of carboxylic acids is 2. The van der Waals surface area contributed by atoms with Gasteiger partial charge in [-0.15, -0.1) is 11.8 Å². The van der Waals surface area contributed by atoms with Crippen LogP contribution in [0.4, 0.5) is 5.13 Å². The first kappa shape index (κ1) is 35.2. The highest BCUT2D eigenvalue weighted by Crippen LogP contribution is 2.40. The molecule has 47 heavy (non-hydrogen) atoms. The van der Waals surface area contributed by atoms with Gasteiger partial charge in [-0.05, 0) is 31.6 Å². The Kier molecular flexibility index (Phi) is 11.1. The Morgan fingerprint density at radius 2 is 2.04 bits per heavy atom. The summed E-state index contributed by atoms with van der Waals surface area (Å²) in [5.41, 5.74) is 16.3. The number of carbonyl (C=O) groups is 4. The molecule has 1 aromatic heterocycles. The van der Waals surface area contributed by atoms with E-state index in [4.69, 9.17) is 33.6 Å². The Morgan fingerprint density at radius 1 is 1.30 bits per heavy atom. The molecule has 0 aliphatic carbocycles. The molecule has 3 aliphatic rings. The molecule has 10 N–H and O–H groups in total. The molecule has 1 unspecified atom stereocenters. The van der Waals surface area contributed by atoms with E-state index >= 15 is 0 Å². The molecule has 3 aliphatic heterocycles. The monoisotopic (exact) mass is 706 g/mol. The van der Waals surface area contributed by atoms with Crippen molar-refractivity contribution < 1.29 is 38.8 Å². The molecule has 1 aromatic rings. The third-order valence-electron chi connectivity index (χ3n) is 6.77. The molecule has 2 atom stereocenters. The molecule has 2 amide bonds. The number of carbonyl (C=O) groups excluding carboxylic acids is 2. The normalized spacial score (nSPS) is 24.0. The van der Waals surface area contributed by atoms with E-state index in [-0.39, 0.29) is 26.6 Å². The summed E-state index contributed by atoms with van der Waals surface area (Å²) < 4.78 is 1.83. The molecule has 1 fully saturated rings. The van der Waals surface area contributed by atoms with Gasteiger partial charge in [0.1, 0.15) is 32.8 Å². The van der Waals surface area contributed by atoms with E-state index in [2.05, 4.69) is 20.8 Å². The highest BCUT2D eigenvalue weighted by Gasteiger charge is 2.54. The number of carboxylic acid groups (broad SMARTS) is 2. The number of thiazole rings is 1. The van der Waals surface area contributed by atoms with Gasteiger partial charge in [0.05, 0.1) is 5.70 Å². The minimum Gasteiger partial charge on any atom is -0.478 e. The number of nitrogens with one attached hydrogen (secondary N) is 2. The van der Waals surface area contributed by atoms with Gasteiger partial charge < -0.3 is 42.9 Å². The minimum absolute atomic E-state index is 0.00920. The van der Waals surface area contributed by atoms with E-state index < -0.39 is 46.5 Å². The molecule has 0 radical (unpaired) electrons. The topological polar surface area (TPSA) is 252 Å². The van der Waals surface area contributed by atoms with Crippen molar-refractivity contribution in [3.8, 4) is 0 Å². The number of hydrogen-bond acceptors (Lipinski definition) is 13. The van der Waals surface area contributed by atoms with Gasteiger partial charge in [-0.3, -0.25) is 14.5 Å². The number of nitrogens with zero attached hydrogens (tertiary/aromatic N) is 4. The summed E-state index contributed by atoms with van der Waals surface area (Å²) in [6.45, 7) is 3.72. The molecule has 16 nitrogen and oxygen atoms in total. The molecule has 4 heterocycles. The number of thioether (sulfide) groups is 1. The van der Waals surface area contributed by atoms with E-state index in [0.717, 1.165) is 16.2 Å². The number of rotatable bonds is 13. The molecule has 250 valence electrons. The Bertz CT molecular complexity index is 1690. The van der Waals surface area contributed by atoms with E-state index in [1.165, 1.54) is 25.6 Å². The van der Waals surface area contributed by atoms with Crippen LogP contribution >= 0.6 is 34.7 Å². The fraction of sp³-hybridized carbons (Fsp3) is 0.321. The van der Waals surface area contributed by atoms with Gasteiger partial charge in [-0.25, -0.2) is 14.6 Å². The van der Waals surface area contributed by atoms with E-state index in [9.17, 15) is 29.4 Å². The number of hydrogen-bond donors (Lipinski definition) is 7. The third-order valence-corrected chi connectivity index (χ3v) is 9.16. The molecule has 0 aromatic carbocycles. The van der Waals surface area contributed by atoms with Crippen LogP contribution in [0, 0.1) is 0 Å². The van der Waals surface area contributed by atoms with Crippen LogP contribution in [0.1, 0.15) is 19.5 Å². The highest BCUT2D eigenvalue weighted by molar-refractivity contribution is 8.00. The second-order valence-corrected chi connectivity index (χ2v) is 13.3. The third kappa shape index (κ3) is 8.02. The second-order valence-electron chi connectivity index (χ2n) is 10.6. The smallest absolute Gasteiger partial charge is 0.352 e. The standard InChI is InChI=1S/C28H32ClN9O7S2/c1-28(2,26(43)44)45-36-18(17-21(29)47-27(32)35-17)22(39)34-19-23(40)38-20(25(41)42)14(13-46-24(19)38)6-5-11-37-10-4-3-7-15(31)16(12-37)33-9-8-30/h3-7,10,12,19,24,31,33H,8-9,11,13,30H2,1-2H3,(H5,32,34,35,39,41,42,43,44)/p+1/b6-5+,7-3+,10-4+,16-12?,36-18-/t19-,24?/m1/s1. The first-order valence-electron chi connectivity index (χ1n) is 13.9. The van der Waals surface area contributed by atoms with Crippen LogP contribution in [0.2, 0.25) is 4.34 Å². The van der Waals surface area contributed by atoms with Gasteiger partial charge >= 0.3 is 11.9 Å². The predicted octanol–water partition coefficient (Wildman–Crippen LogP) is 0.143. The number of β-lactam (4-membered cyclic amide) rings is 1. The zero-order valence-electron chi connectivity index (χ0n) is 25.2. The zero-order chi connectivity index (χ0) is 34.5.